The van der Waals surface area contributed by atoms with Gasteiger partial charge in [-0.25, -0.2) is 8.42 Å². The third-order valence-electron chi connectivity index (χ3n) is 6.21. The Hall–Kier alpha value is -1.80. The molecule has 1 aromatic rings. The highest BCUT2D eigenvalue weighted by Crippen LogP contribution is 2.30. The maximum absolute atomic E-state index is 13.2. The number of anilines is 1. The second kappa shape index (κ2) is 10.0. The number of sulfonamides is 1. The summed E-state index contributed by atoms with van der Waals surface area (Å²) in [6.45, 7) is 6.68. The molecular weight excluding hydrogens is 402 g/mol. The average Bonchev–Trinajstić information content (AvgIpc) is 3.04. The smallest absolute Gasteiger partial charge is 0.244 e. The second-order valence-corrected chi connectivity index (χ2v) is 10.5. The molecule has 1 amide bonds. The largest absolute Gasteiger partial charge is 0.495 e. The molecule has 2 heterocycles. The van der Waals surface area contributed by atoms with Gasteiger partial charge in [-0.15, -0.1) is 0 Å². The zero-order valence-electron chi connectivity index (χ0n) is 18.4. The molecule has 1 N–H and O–H groups in total. The van der Waals surface area contributed by atoms with Gasteiger partial charge in [0.2, 0.25) is 15.9 Å². The normalized spacial score (nSPS) is 20.4. The van der Waals surface area contributed by atoms with Crippen LogP contribution in [0.4, 0.5) is 5.69 Å². The Morgan fingerprint density at radius 2 is 1.73 bits per heavy atom. The summed E-state index contributed by atoms with van der Waals surface area (Å²) in [6.07, 6.45) is 5.95. The maximum Gasteiger partial charge on any atom is 0.244 e. The van der Waals surface area contributed by atoms with Crippen LogP contribution in [0.1, 0.15) is 52.4 Å². The van der Waals surface area contributed by atoms with Crippen molar-refractivity contribution in [2.24, 2.45) is 5.92 Å². The van der Waals surface area contributed by atoms with E-state index in [-0.39, 0.29) is 10.8 Å². The lowest BCUT2D eigenvalue weighted by molar-refractivity contribution is -0.132. The van der Waals surface area contributed by atoms with E-state index in [1.807, 2.05) is 11.8 Å². The summed E-state index contributed by atoms with van der Waals surface area (Å²) in [6, 6.07) is 4.37. The Labute approximate surface area is 180 Å². The van der Waals surface area contributed by atoms with Gasteiger partial charge in [0.05, 0.1) is 17.7 Å². The number of hydrogen-bond acceptors (Lipinski definition) is 5. The fraction of sp³-hybridized carbons (Fsp3) is 0.682. The van der Waals surface area contributed by atoms with Crippen LogP contribution in [-0.2, 0) is 14.8 Å². The first-order chi connectivity index (χ1) is 14.3. The Kier molecular flexibility index (Phi) is 7.63. The maximum atomic E-state index is 13.2. The molecule has 168 valence electrons. The molecule has 0 aliphatic carbocycles. The lowest BCUT2D eigenvalue weighted by Crippen LogP contribution is -2.45. The van der Waals surface area contributed by atoms with Crippen molar-refractivity contribution >= 4 is 21.6 Å². The number of likely N-dealkylation sites (tertiary alicyclic amines) is 1. The van der Waals surface area contributed by atoms with Gasteiger partial charge in [0.15, 0.2) is 0 Å². The molecular formula is C22H35N3O4S. The number of rotatable bonds is 6. The molecule has 7 nitrogen and oxygen atoms in total. The molecule has 2 saturated heterocycles. The molecule has 2 aliphatic heterocycles. The number of hydrogen-bond donors (Lipinski definition) is 1. The van der Waals surface area contributed by atoms with Crippen molar-refractivity contribution in [3.8, 4) is 5.75 Å². The molecule has 0 saturated carbocycles. The minimum atomic E-state index is -3.57. The number of nitrogens with zero attached hydrogens (tertiary/aromatic N) is 2. The molecule has 8 heteroatoms. The van der Waals surface area contributed by atoms with E-state index in [2.05, 4.69) is 12.2 Å². The van der Waals surface area contributed by atoms with Gasteiger partial charge in [0.25, 0.3) is 0 Å². The quantitative estimate of drug-likeness (QED) is 0.739. The predicted molar refractivity (Wildman–Crippen MR) is 118 cm³/mol. The molecule has 2 fully saturated rings. The fourth-order valence-electron chi connectivity index (χ4n) is 4.19. The van der Waals surface area contributed by atoms with E-state index >= 15 is 0 Å². The van der Waals surface area contributed by atoms with Crippen LogP contribution in [0.15, 0.2) is 23.1 Å². The van der Waals surface area contributed by atoms with E-state index in [1.54, 1.807) is 29.6 Å². The zero-order valence-corrected chi connectivity index (χ0v) is 19.2. The molecule has 0 radical (unpaired) electrons. The van der Waals surface area contributed by atoms with E-state index < -0.39 is 16.1 Å². The Morgan fingerprint density at radius 3 is 2.33 bits per heavy atom. The van der Waals surface area contributed by atoms with E-state index in [9.17, 15) is 13.2 Å². The van der Waals surface area contributed by atoms with Crippen molar-refractivity contribution in [1.82, 2.24) is 9.21 Å². The monoisotopic (exact) mass is 437 g/mol. The number of carbonyl (C=O) groups excluding carboxylic acids is 1. The minimum Gasteiger partial charge on any atom is -0.495 e. The highest BCUT2D eigenvalue weighted by molar-refractivity contribution is 7.89. The summed E-state index contributed by atoms with van der Waals surface area (Å²) >= 11 is 0. The van der Waals surface area contributed by atoms with Crippen molar-refractivity contribution < 1.29 is 17.9 Å². The molecule has 0 aromatic heterocycles. The summed E-state index contributed by atoms with van der Waals surface area (Å²) in [4.78, 5) is 15.0. The SMILES string of the molecule is COc1ccc(S(=O)(=O)N2CCCCCC2)cc1N[C@H](C)C(=O)N1CCC(C)CC1. The molecule has 30 heavy (non-hydrogen) atoms. The Balaban J connectivity index is 1.78. The molecule has 1 aromatic carbocycles. The van der Waals surface area contributed by atoms with Crippen molar-refractivity contribution in [2.45, 2.75) is 63.3 Å². The number of carbonyl (C=O) groups is 1. The fourth-order valence-corrected chi connectivity index (χ4v) is 5.73. The topological polar surface area (TPSA) is 79.0 Å². The van der Waals surface area contributed by atoms with Gasteiger partial charge in [-0.3, -0.25) is 4.79 Å². The number of benzene rings is 1. The molecule has 3 rings (SSSR count). The van der Waals surface area contributed by atoms with Gasteiger partial charge >= 0.3 is 0 Å². The van der Waals surface area contributed by atoms with E-state index in [0.29, 0.717) is 30.4 Å². The first-order valence-corrected chi connectivity index (χ1v) is 12.5. The van der Waals surface area contributed by atoms with Crippen molar-refractivity contribution in [3.05, 3.63) is 18.2 Å². The van der Waals surface area contributed by atoms with Crippen molar-refractivity contribution in [1.29, 1.82) is 0 Å². The second-order valence-electron chi connectivity index (χ2n) is 8.55. The highest BCUT2D eigenvalue weighted by atomic mass is 32.2. The molecule has 0 bridgehead atoms. The third-order valence-corrected chi connectivity index (χ3v) is 8.11. The first-order valence-electron chi connectivity index (χ1n) is 11.1. The van der Waals surface area contributed by atoms with Gasteiger partial charge in [-0.2, -0.15) is 4.31 Å². The number of nitrogens with one attached hydrogen (secondary N) is 1. The van der Waals surface area contributed by atoms with Gasteiger partial charge < -0.3 is 15.0 Å². The highest BCUT2D eigenvalue weighted by Gasteiger charge is 2.28. The van der Waals surface area contributed by atoms with E-state index in [1.165, 1.54) is 0 Å². The van der Waals surface area contributed by atoms with Crippen LogP contribution in [0.25, 0.3) is 0 Å². The van der Waals surface area contributed by atoms with Crippen LogP contribution >= 0.6 is 0 Å². The minimum absolute atomic E-state index is 0.0322. The molecule has 2 aliphatic rings. The Morgan fingerprint density at radius 1 is 1.10 bits per heavy atom. The van der Waals surface area contributed by atoms with Crippen LogP contribution in [0.3, 0.4) is 0 Å². The van der Waals surface area contributed by atoms with E-state index in [4.69, 9.17) is 4.74 Å². The van der Waals surface area contributed by atoms with Crippen LogP contribution in [0.2, 0.25) is 0 Å². The van der Waals surface area contributed by atoms with Crippen LogP contribution in [0, 0.1) is 5.92 Å². The summed E-state index contributed by atoms with van der Waals surface area (Å²) in [7, 11) is -2.03. The summed E-state index contributed by atoms with van der Waals surface area (Å²) in [5.41, 5.74) is 0.527. The predicted octanol–water partition coefficient (Wildman–Crippen LogP) is 3.32. The van der Waals surface area contributed by atoms with Crippen molar-refractivity contribution in [2.75, 3.05) is 38.6 Å². The zero-order chi connectivity index (χ0) is 21.7. The Bertz CT molecular complexity index is 827. The molecule has 0 unspecified atom stereocenters. The third kappa shape index (κ3) is 5.27. The van der Waals surface area contributed by atoms with Crippen LogP contribution in [-0.4, -0.2) is 62.9 Å². The summed E-state index contributed by atoms with van der Waals surface area (Å²) in [5.74, 6) is 1.21. The van der Waals surface area contributed by atoms with Gasteiger partial charge in [-0.1, -0.05) is 19.8 Å². The first kappa shape index (κ1) is 22.9. The number of methoxy groups -OCH3 is 1. The van der Waals surface area contributed by atoms with Gasteiger partial charge in [0.1, 0.15) is 11.8 Å². The molecule has 1 atom stereocenters. The number of amides is 1. The van der Waals surface area contributed by atoms with Gasteiger partial charge in [-0.05, 0) is 56.7 Å². The van der Waals surface area contributed by atoms with Crippen LogP contribution in [0.5, 0.6) is 5.75 Å². The van der Waals surface area contributed by atoms with Crippen molar-refractivity contribution in [3.63, 3.8) is 0 Å². The number of piperidine rings is 1. The number of ether oxygens (including phenoxy) is 1. The van der Waals surface area contributed by atoms with Crippen LogP contribution < -0.4 is 10.1 Å². The summed E-state index contributed by atoms with van der Waals surface area (Å²) < 4.78 is 33.3. The van der Waals surface area contributed by atoms with Gasteiger partial charge in [0, 0.05) is 26.2 Å². The lowest BCUT2D eigenvalue weighted by atomic mass is 9.99. The average molecular weight is 438 g/mol. The van der Waals surface area contributed by atoms with E-state index in [0.717, 1.165) is 51.6 Å². The molecule has 0 spiro atoms. The lowest BCUT2D eigenvalue weighted by Gasteiger charge is -2.32. The standard InChI is InChI=1S/C22H35N3O4S/c1-17-10-14-24(15-11-17)22(26)18(2)23-20-16-19(8-9-21(20)29-3)30(27,28)25-12-6-4-5-7-13-25/h8-9,16-18,23H,4-7,10-15H2,1-3H3/t18-/m1/s1. The summed E-state index contributed by atoms with van der Waals surface area (Å²) in [5, 5.41) is 3.20.